The van der Waals surface area contributed by atoms with Crippen molar-refractivity contribution in [2.24, 2.45) is 0 Å². The van der Waals surface area contributed by atoms with Gasteiger partial charge in [-0.15, -0.1) is 5.73 Å². The molecule has 3 heterocycles. The standard InChI is InChI=1S/C28H39N3O5/c1-5-10-31(36-12-6-2)26(32)18-29-17-21(20-13-23(33-4)27-24(14-20)34-19-35-27)15-28(29)16-25(28)30-11-8-9-22(30)7-3/h13-14,21,25H,3,5-6,8-12,15-19H2,1-2,4H3/t21-,25?,28?/m1/s1. The predicted molar refractivity (Wildman–Crippen MR) is 136 cm³/mol. The molecule has 1 amide bonds. The van der Waals surface area contributed by atoms with E-state index in [0.29, 0.717) is 37.2 Å². The highest BCUT2D eigenvalue weighted by Crippen LogP contribution is 2.58. The van der Waals surface area contributed by atoms with Crippen molar-refractivity contribution in [3.8, 4) is 17.2 Å². The number of amides is 1. The second-order valence-electron chi connectivity index (χ2n) is 10.3. The van der Waals surface area contributed by atoms with Gasteiger partial charge in [-0.2, -0.15) is 0 Å². The lowest BCUT2D eigenvalue weighted by atomic mass is 9.94. The van der Waals surface area contributed by atoms with Crippen LogP contribution in [0.4, 0.5) is 0 Å². The minimum atomic E-state index is -0.0426. The molecule has 0 bridgehead atoms. The van der Waals surface area contributed by atoms with Crippen LogP contribution in [0.15, 0.2) is 30.1 Å². The molecular formula is C28H39N3O5. The van der Waals surface area contributed by atoms with Gasteiger partial charge in [0.2, 0.25) is 12.5 Å². The van der Waals surface area contributed by atoms with Gasteiger partial charge in [-0.05, 0) is 62.1 Å². The van der Waals surface area contributed by atoms with Crippen molar-refractivity contribution in [1.29, 1.82) is 0 Å². The van der Waals surface area contributed by atoms with Crippen LogP contribution in [0.1, 0.15) is 63.9 Å². The third kappa shape index (κ3) is 4.47. The number of allylic oxidation sites excluding steroid dienone is 1. The van der Waals surface area contributed by atoms with Gasteiger partial charge in [-0.25, -0.2) is 5.06 Å². The molecule has 8 heteroatoms. The molecule has 1 aromatic rings. The summed E-state index contributed by atoms with van der Waals surface area (Å²) in [7, 11) is 1.66. The van der Waals surface area contributed by atoms with Gasteiger partial charge in [0, 0.05) is 31.2 Å². The van der Waals surface area contributed by atoms with Gasteiger partial charge in [0.15, 0.2) is 11.5 Å². The predicted octanol–water partition coefficient (Wildman–Crippen LogP) is 4.07. The number of carbonyl (C=O) groups excluding carboxylic acids is 1. The maximum Gasteiger partial charge on any atom is 0.260 e. The Morgan fingerprint density at radius 1 is 1.28 bits per heavy atom. The fraction of sp³-hybridized carbons (Fsp3) is 0.643. The lowest BCUT2D eigenvalue weighted by Crippen LogP contribution is -2.46. The lowest BCUT2D eigenvalue weighted by molar-refractivity contribution is -0.188. The van der Waals surface area contributed by atoms with Crippen molar-refractivity contribution in [3.05, 3.63) is 35.7 Å². The fourth-order valence-corrected chi connectivity index (χ4v) is 6.27. The Kier molecular flexibility index (Phi) is 7.20. The summed E-state index contributed by atoms with van der Waals surface area (Å²) in [6.07, 6.45) is 5.95. The Labute approximate surface area is 214 Å². The monoisotopic (exact) mass is 497 g/mol. The lowest BCUT2D eigenvalue weighted by Gasteiger charge is -2.30. The van der Waals surface area contributed by atoms with Gasteiger partial charge in [0.1, 0.15) is 0 Å². The molecule has 5 rings (SSSR count). The molecule has 36 heavy (non-hydrogen) atoms. The van der Waals surface area contributed by atoms with Crippen molar-refractivity contribution in [1.82, 2.24) is 14.9 Å². The number of hydrogen-bond acceptors (Lipinski definition) is 7. The molecule has 0 N–H and O–H groups in total. The van der Waals surface area contributed by atoms with Crippen LogP contribution in [0.3, 0.4) is 0 Å². The summed E-state index contributed by atoms with van der Waals surface area (Å²) in [6, 6.07) is 4.55. The van der Waals surface area contributed by atoms with Gasteiger partial charge in [-0.3, -0.25) is 14.5 Å². The Balaban J connectivity index is 1.41. The number of nitrogens with zero attached hydrogens (tertiary/aromatic N) is 3. The van der Waals surface area contributed by atoms with Crippen LogP contribution < -0.4 is 14.2 Å². The first-order valence-corrected chi connectivity index (χ1v) is 13.4. The number of hydrogen-bond donors (Lipinski definition) is 0. The minimum absolute atomic E-state index is 0.0418. The van der Waals surface area contributed by atoms with Crippen molar-refractivity contribution >= 4 is 5.91 Å². The van der Waals surface area contributed by atoms with E-state index in [-0.39, 0.29) is 24.2 Å². The summed E-state index contributed by atoms with van der Waals surface area (Å²) in [6.45, 7) is 11.7. The van der Waals surface area contributed by atoms with Crippen LogP contribution in [0, 0.1) is 0 Å². The quantitative estimate of drug-likeness (QED) is 0.357. The molecule has 3 fully saturated rings. The molecule has 2 unspecified atom stereocenters. The summed E-state index contributed by atoms with van der Waals surface area (Å²) in [5.74, 6) is 2.42. The van der Waals surface area contributed by atoms with Crippen molar-refractivity contribution in [3.63, 3.8) is 0 Å². The summed E-state index contributed by atoms with van der Waals surface area (Å²) in [5.41, 5.74) is 5.52. The van der Waals surface area contributed by atoms with Gasteiger partial charge >= 0.3 is 0 Å². The molecule has 3 atom stereocenters. The van der Waals surface area contributed by atoms with Gasteiger partial charge < -0.3 is 19.1 Å². The minimum Gasteiger partial charge on any atom is -0.493 e. The molecule has 4 aliphatic rings. The molecule has 1 spiro atoms. The van der Waals surface area contributed by atoms with Crippen molar-refractivity contribution in [2.75, 3.05) is 46.7 Å². The highest BCUT2D eigenvalue weighted by molar-refractivity contribution is 5.77. The SMILES string of the molecule is C=C=C1CCCN1C1CC12C[C@@H](c1cc(OC)c3c(c1)OCO3)CN2CC(=O)N(CCC)OCCC. The summed E-state index contributed by atoms with van der Waals surface area (Å²) in [4.78, 5) is 24.1. The van der Waals surface area contributed by atoms with E-state index in [1.165, 1.54) is 11.3 Å². The number of rotatable bonds is 10. The van der Waals surface area contributed by atoms with Crippen LogP contribution in [0.25, 0.3) is 0 Å². The third-order valence-corrected chi connectivity index (χ3v) is 8.05. The number of methoxy groups -OCH3 is 1. The molecular weight excluding hydrogens is 458 g/mol. The molecule has 1 saturated carbocycles. The topological polar surface area (TPSA) is 63.7 Å². The molecule has 196 valence electrons. The Morgan fingerprint density at radius 3 is 2.89 bits per heavy atom. The van der Waals surface area contributed by atoms with Crippen LogP contribution in [0.5, 0.6) is 17.2 Å². The highest BCUT2D eigenvalue weighted by atomic mass is 16.7. The summed E-state index contributed by atoms with van der Waals surface area (Å²) in [5, 5.41) is 1.58. The van der Waals surface area contributed by atoms with E-state index in [1.807, 2.05) is 0 Å². The van der Waals surface area contributed by atoms with E-state index >= 15 is 0 Å². The average Bonchev–Trinajstić information content (AvgIpc) is 3.26. The van der Waals surface area contributed by atoms with Gasteiger partial charge in [0.05, 0.1) is 26.0 Å². The first-order chi connectivity index (χ1) is 17.5. The van der Waals surface area contributed by atoms with Crippen LogP contribution in [-0.4, -0.2) is 79.0 Å². The maximum absolute atomic E-state index is 13.4. The third-order valence-electron chi connectivity index (χ3n) is 8.05. The van der Waals surface area contributed by atoms with Gasteiger partial charge in [-0.1, -0.05) is 20.4 Å². The first kappa shape index (κ1) is 25.0. The number of ether oxygens (including phenoxy) is 3. The molecule has 0 radical (unpaired) electrons. The molecule has 1 aliphatic carbocycles. The van der Waals surface area contributed by atoms with E-state index in [1.54, 1.807) is 12.2 Å². The Hall–Kier alpha value is -2.67. The Morgan fingerprint density at radius 2 is 2.14 bits per heavy atom. The van der Waals surface area contributed by atoms with E-state index in [9.17, 15) is 4.79 Å². The van der Waals surface area contributed by atoms with Crippen molar-refractivity contribution in [2.45, 2.75) is 69.9 Å². The number of fused-ring (bicyclic) bond motifs is 1. The second kappa shape index (κ2) is 10.4. The highest BCUT2D eigenvalue weighted by Gasteiger charge is 2.65. The molecule has 2 saturated heterocycles. The van der Waals surface area contributed by atoms with E-state index < -0.39 is 0 Å². The zero-order chi connectivity index (χ0) is 25.3. The number of benzene rings is 1. The van der Waals surface area contributed by atoms with E-state index in [4.69, 9.17) is 19.0 Å². The number of likely N-dealkylation sites (tertiary alicyclic amines) is 2. The van der Waals surface area contributed by atoms with Crippen molar-refractivity contribution < 1.29 is 23.8 Å². The van der Waals surface area contributed by atoms with Gasteiger partial charge in [0.25, 0.3) is 5.91 Å². The summed E-state index contributed by atoms with van der Waals surface area (Å²) < 4.78 is 16.9. The maximum atomic E-state index is 13.4. The summed E-state index contributed by atoms with van der Waals surface area (Å²) >= 11 is 0. The number of hydroxylamine groups is 2. The fourth-order valence-electron chi connectivity index (χ4n) is 6.27. The molecule has 1 aromatic carbocycles. The molecule has 8 nitrogen and oxygen atoms in total. The second-order valence-corrected chi connectivity index (χ2v) is 10.3. The average molecular weight is 498 g/mol. The zero-order valence-electron chi connectivity index (χ0n) is 21.9. The van der Waals surface area contributed by atoms with Crippen LogP contribution >= 0.6 is 0 Å². The van der Waals surface area contributed by atoms with E-state index in [0.717, 1.165) is 57.4 Å². The van der Waals surface area contributed by atoms with Crippen LogP contribution in [0.2, 0.25) is 0 Å². The van der Waals surface area contributed by atoms with Crippen LogP contribution in [-0.2, 0) is 9.63 Å². The van der Waals surface area contributed by atoms with E-state index in [2.05, 4.69) is 48.1 Å². The normalized spacial score (nSPS) is 26.5. The first-order valence-electron chi connectivity index (χ1n) is 13.4. The molecule has 3 aliphatic heterocycles. The largest absolute Gasteiger partial charge is 0.493 e. The smallest absolute Gasteiger partial charge is 0.260 e. The Bertz CT molecular complexity index is 1040. The number of carbonyl (C=O) groups is 1. The zero-order valence-corrected chi connectivity index (χ0v) is 21.9. The molecule has 0 aromatic heterocycles.